The predicted octanol–water partition coefficient (Wildman–Crippen LogP) is 2.37. The van der Waals surface area contributed by atoms with E-state index in [4.69, 9.17) is 5.11 Å². The van der Waals surface area contributed by atoms with Gasteiger partial charge in [-0.25, -0.2) is 0 Å². The molecular formula is C14H24N2O. The van der Waals surface area contributed by atoms with Gasteiger partial charge in [-0.05, 0) is 31.5 Å². The lowest BCUT2D eigenvalue weighted by molar-refractivity contribution is 0.186. The summed E-state index contributed by atoms with van der Waals surface area (Å²) < 4.78 is 0. The molecule has 0 saturated heterocycles. The zero-order valence-electron chi connectivity index (χ0n) is 11.0. The van der Waals surface area contributed by atoms with Crippen LogP contribution in [0.5, 0.6) is 0 Å². The summed E-state index contributed by atoms with van der Waals surface area (Å²) in [7, 11) is 0. The highest BCUT2D eigenvalue weighted by molar-refractivity contribution is 5.17. The van der Waals surface area contributed by atoms with E-state index in [1.165, 1.54) is 24.8 Å². The summed E-state index contributed by atoms with van der Waals surface area (Å²) in [5, 5.41) is 9.08. The molecule has 0 bridgehead atoms. The highest BCUT2D eigenvalue weighted by Crippen LogP contribution is 2.08. The molecule has 1 heterocycles. The number of hydrogen-bond donors (Lipinski definition) is 1. The molecular weight excluding hydrogens is 212 g/mol. The minimum Gasteiger partial charge on any atom is -0.395 e. The Hall–Kier alpha value is -0.930. The van der Waals surface area contributed by atoms with Crippen molar-refractivity contribution >= 4 is 0 Å². The van der Waals surface area contributed by atoms with Crippen LogP contribution in [0.1, 0.15) is 37.4 Å². The molecule has 3 heteroatoms. The van der Waals surface area contributed by atoms with Crippen molar-refractivity contribution in [3.63, 3.8) is 0 Å². The lowest BCUT2D eigenvalue weighted by Crippen LogP contribution is -2.28. The number of pyridine rings is 1. The maximum absolute atomic E-state index is 9.08. The number of hydrogen-bond acceptors (Lipinski definition) is 3. The minimum absolute atomic E-state index is 0.220. The third-order valence-electron chi connectivity index (χ3n) is 2.99. The second kappa shape index (κ2) is 8.20. The first-order valence-corrected chi connectivity index (χ1v) is 6.51. The van der Waals surface area contributed by atoms with Gasteiger partial charge in [-0.1, -0.05) is 25.8 Å². The van der Waals surface area contributed by atoms with Crippen LogP contribution in [0.15, 0.2) is 18.3 Å². The quantitative estimate of drug-likeness (QED) is 0.704. The molecule has 0 aliphatic carbocycles. The largest absolute Gasteiger partial charge is 0.395 e. The number of unbranched alkanes of at least 4 members (excludes halogenated alkanes) is 2. The van der Waals surface area contributed by atoms with Crippen LogP contribution < -0.4 is 0 Å². The molecule has 0 fully saturated rings. The first kappa shape index (κ1) is 14.1. The summed E-state index contributed by atoms with van der Waals surface area (Å²) >= 11 is 0. The Kier molecular flexibility index (Phi) is 6.82. The Balaban J connectivity index is 2.50. The van der Waals surface area contributed by atoms with Crippen molar-refractivity contribution in [3.05, 3.63) is 29.6 Å². The van der Waals surface area contributed by atoms with Gasteiger partial charge in [-0.15, -0.1) is 0 Å². The van der Waals surface area contributed by atoms with Crippen LogP contribution in [0.3, 0.4) is 0 Å². The van der Waals surface area contributed by atoms with Gasteiger partial charge >= 0.3 is 0 Å². The van der Waals surface area contributed by atoms with Crippen molar-refractivity contribution in [1.29, 1.82) is 0 Å². The first-order valence-electron chi connectivity index (χ1n) is 6.51. The Bertz CT molecular complexity index is 315. The van der Waals surface area contributed by atoms with Crippen LogP contribution in [-0.4, -0.2) is 34.7 Å². The van der Waals surface area contributed by atoms with Gasteiger partial charge in [0.25, 0.3) is 0 Å². The highest BCUT2D eigenvalue weighted by Gasteiger charge is 2.07. The summed E-state index contributed by atoms with van der Waals surface area (Å²) in [5.41, 5.74) is 2.35. The van der Waals surface area contributed by atoms with E-state index in [1.54, 1.807) is 0 Å². The fraction of sp³-hybridized carbons (Fsp3) is 0.643. The monoisotopic (exact) mass is 236 g/mol. The molecule has 0 aromatic carbocycles. The molecule has 17 heavy (non-hydrogen) atoms. The van der Waals surface area contributed by atoms with E-state index in [-0.39, 0.29) is 6.61 Å². The molecule has 0 unspecified atom stereocenters. The number of aliphatic hydroxyl groups is 1. The van der Waals surface area contributed by atoms with Gasteiger partial charge in [0.05, 0.1) is 12.3 Å². The van der Waals surface area contributed by atoms with Crippen molar-refractivity contribution in [1.82, 2.24) is 9.88 Å². The maximum Gasteiger partial charge on any atom is 0.0573 e. The summed E-state index contributed by atoms with van der Waals surface area (Å²) in [6, 6.07) is 4.05. The summed E-state index contributed by atoms with van der Waals surface area (Å²) in [6.07, 6.45) is 5.52. The number of rotatable bonds is 8. The Morgan fingerprint density at radius 3 is 2.76 bits per heavy atom. The molecule has 1 N–H and O–H groups in total. The number of aliphatic hydroxyl groups excluding tert-OH is 1. The third kappa shape index (κ3) is 5.29. The minimum atomic E-state index is 0.220. The second-order valence-electron chi connectivity index (χ2n) is 4.47. The molecule has 0 aliphatic heterocycles. The number of nitrogens with zero attached hydrogens (tertiary/aromatic N) is 2. The smallest absolute Gasteiger partial charge is 0.0573 e. The van der Waals surface area contributed by atoms with Crippen LogP contribution in [0, 0.1) is 6.92 Å². The normalized spacial score (nSPS) is 11.1. The van der Waals surface area contributed by atoms with Gasteiger partial charge in [0.2, 0.25) is 0 Å². The van der Waals surface area contributed by atoms with Crippen molar-refractivity contribution in [3.8, 4) is 0 Å². The van der Waals surface area contributed by atoms with Crippen LogP contribution >= 0.6 is 0 Å². The van der Waals surface area contributed by atoms with E-state index >= 15 is 0 Å². The SMILES string of the molecule is CCCCCN(CCO)Cc1ncccc1C. The lowest BCUT2D eigenvalue weighted by Gasteiger charge is -2.21. The topological polar surface area (TPSA) is 36.4 Å². The second-order valence-corrected chi connectivity index (χ2v) is 4.47. The standard InChI is InChI=1S/C14H24N2O/c1-3-4-5-9-16(10-11-17)12-14-13(2)7-6-8-15-14/h6-8,17H,3-5,9-12H2,1-2H3. The molecule has 0 radical (unpaired) electrons. The average molecular weight is 236 g/mol. The molecule has 0 atom stereocenters. The van der Waals surface area contributed by atoms with Gasteiger partial charge in [-0.2, -0.15) is 0 Å². The Morgan fingerprint density at radius 1 is 1.29 bits per heavy atom. The zero-order chi connectivity index (χ0) is 12.5. The molecule has 3 nitrogen and oxygen atoms in total. The molecule has 0 spiro atoms. The average Bonchev–Trinajstić information content (AvgIpc) is 2.32. The van der Waals surface area contributed by atoms with Gasteiger partial charge in [-0.3, -0.25) is 9.88 Å². The van der Waals surface area contributed by atoms with Crippen molar-refractivity contribution < 1.29 is 5.11 Å². The van der Waals surface area contributed by atoms with Gasteiger partial charge in [0.15, 0.2) is 0 Å². The summed E-state index contributed by atoms with van der Waals surface area (Å²) in [4.78, 5) is 6.69. The fourth-order valence-corrected chi connectivity index (χ4v) is 1.89. The van der Waals surface area contributed by atoms with Crippen molar-refractivity contribution in [2.75, 3.05) is 19.7 Å². The Labute approximate surface area is 104 Å². The van der Waals surface area contributed by atoms with Crippen molar-refractivity contribution in [2.24, 2.45) is 0 Å². The van der Waals surface area contributed by atoms with E-state index in [1.807, 2.05) is 12.3 Å². The van der Waals surface area contributed by atoms with Gasteiger partial charge < -0.3 is 5.11 Å². The van der Waals surface area contributed by atoms with Crippen LogP contribution in [0.2, 0.25) is 0 Å². The van der Waals surface area contributed by atoms with E-state index in [0.29, 0.717) is 0 Å². The molecule has 0 aliphatic rings. The van der Waals surface area contributed by atoms with E-state index in [2.05, 4.69) is 29.8 Å². The number of aryl methyl sites for hydroxylation is 1. The van der Waals surface area contributed by atoms with E-state index < -0.39 is 0 Å². The van der Waals surface area contributed by atoms with Crippen molar-refractivity contribution in [2.45, 2.75) is 39.7 Å². The first-order chi connectivity index (χ1) is 8.27. The van der Waals surface area contributed by atoms with Gasteiger partial charge in [0, 0.05) is 19.3 Å². The highest BCUT2D eigenvalue weighted by atomic mass is 16.3. The fourth-order valence-electron chi connectivity index (χ4n) is 1.89. The third-order valence-corrected chi connectivity index (χ3v) is 2.99. The molecule has 0 saturated carbocycles. The molecule has 96 valence electrons. The van der Waals surface area contributed by atoms with Crippen LogP contribution in [0.25, 0.3) is 0 Å². The zero-order valence-corrected chi connectivity index (χ0v) is 11.0. The predicted molar refractivity (Wildman–Crippen MR) is 70.9 cm³/mol. The van der Waals surface area contributed by atoms with E-state index in [0.717, 1.165) is 25.3 Å². The molecule has 1 aromatic heterocycles. The maximum atomic E-state index is 9.08. The van der Waals surface area contributed by atoms with Gasteiger partial charge in [0.1, 0.15) is 0 Å². The number of aromatic nitrogens is 1. The molecule has 0 amide bonds. The Morgan fingerprint density at radius 2 is 2.12 bits per heavy atom. The van der Waals surface area contributed by atoms with Crippen LogP contribution in [0.4, 0.5) is 0 Å². The van der Waals surface area contributed by atoms with E-state index in [9.17, 15) is 0 Å². The summed E-state index contributed by atoms with van der Waals surface area (Å²) in [6.45, 7) is 7.14. The summed E-state index contributed by atoms with van der Waals surface area (Å²) in [5.74, 6) is 0. The molecule has 1 aromatic rings. The molecule has 1 rings (SSSR count). The van der Waals surface area contributed by atoms with Crippen LogP contribution in [-0.2, 0) is 6.54 Å². The lowest BCUT2D eigenvalue weighted by atomic mass is 10.2.